The van der Waals surface area contributed by atoms with Crippen molar-refractivity contribution in [3.8, 4) is 0 Å². The molecule has 25 heavy (non-hydrogen) atoms. The van der Waals surface area contributed by atoms with Crippen LogP contribution in [0, 0.1) is 6.92 Å². The van der Waals surface area contributed by atoms with E-state index in [1.54, 1.807) is 24.3 Å². The van der Waals surface area contributed by atoms with E-state index in [1.165, 1.54) is 11.4 Å². The van der Waals surface area contributed by atoms with E-state index in [-0.39, 0.29) is 18.1 Å². The van der Waals surface area contributed by atoms with Gasteiger partial charge < -0.3 is 5.32 Å². The molecule has 2 rings (SSSR count). The largest absolute Gasteiger partial charge is 0.326 e. The van der Waals surface area contributed by atoms with Crippen LogP contribution in [0.4, 0.5) is 11.4 Å². The first-order valence-electron chi connectivity index (χ1n) is 8.25. The van der Waals surface area contributed by atoms with E-state index in [4.69, 9.17) is 0 Å². The number of rotatable bonds is 7. The van der Waals surface area contributed by atoms with E-state index in [1.807, 2.05) is 38.1 Å². The van der Waals surface area contributed by atoms with Gasteiger partial charge in [0.25, 0.3) is 0 Å². The van der Waals surface area contributed by atoms with Gasteiger partial charge in [-0.1, -0.05) is 43.3 Å². The zero-order chi connectivity index (χ0) is 18.4. The van der Waals surface area contributed by atoms with E-state index in [2.05, 4.69) is 5.32 Å². The Bertz CT molecular complexity index is 833. The number of nitrogens with one attached hydrogen (secondary N) is 1. The highest BCUT2D eigenvalue weighted by Crippen LogP contribution is 2.21. The molecule has 2 aromatic carbocycles. The molecule has 1 amide bonds. The maximum Gasteiger partial charge on any atom is 0.235 e. The van der Waals surface area contributed by atoms with E-state index in [9.17, 15) is 13.2 Å². The van der Waals surface area contributed by atoms with Crippen molar-refractivity contribution < 1.29 is 13.2 Å². The van der Waals surface area contributed by atoms with Gasteiger partial charge in [-0.3, -0.25) is 9.10 Å². The van der Waals surface area contributed by atoms with Crippen molar-refractivity contribution in [3.05, 3.63) is 59.7 Å². The highest BCUT2D eigenvalue weighted by atomic mass is 32.2. The molecule has 0 aliphatic heterocycles. The fourth-order valence-corrected chi connectivity index (χ4v) is 3.72. The molecule has 0 spiro atoms. The molecule has 0 aliphatic rings. The third-order valence-electron chi connectivity index (χ3n) is 4.13. The van der Waals surface area contributed by atoms with Crippen molar-refractivity contribution >= 4 is 27.3 Å². The minimum absolute atomic E-state index is 0.0863. The van der Waals surface area contributed by atoms with E-state index >= 15 is 0 Å². The Morgan fingerprint density at radius 3 is 2.40 bits per heavy atom. The summed E-state index contributed by atoms with van der Waals surface area (Å²) in [4.78, 5) is 12.2. The molecule has 134 valence electrons. The first-order valence-corrected chi connectivity index (χ1v) is 9.86. The number of carbonyl (C=O) groups is 1. The fraction of sp³-hybridized carbons (Fsp3) is 0.316. The van der Waals surface area contributed by atoms with Gasteiger partial charge in [0.1, 0.15) is 0 Å². The van der Waals surface area contributed by atoms with Crippen LogP contribution in [0.3, 0.4) is 0 Å². The predicted molar refractivity (Wildman–Crippen MR) is 102 cm³/mol. The number of anilines is 2. The Labute approximate surface area is 149 Å². The van der Waals surface area contributed by atoms with Gasteiger partial charge in [0, 0.05) is 19.2 Å². The predicted octanol–water partition coefficient (Wildman–Crippen LogP) is 3.35. The Hall–Kier alpha value is -2.34. The SMILES string of the molecule is CCc1cccc(C)c1NC(=O)CCS(=O)(=O)N(C)c1ccccc1. The number of para-hydroxylation sites is 2. The summed E-state index contributed by atoms with van der Waals surface area (Å²) in [5.41, 5.74) is 3.37. The van der Waals surface area contributed by atoms with Crippen LogP contribution in [-0.4, -0.2) is 27.1 Å². The van der Waals surface area contributed by atoms with Crippen LogP contribution in [0.15, 0.2) is 48.5 Å². The van der Waals surface area contributed by atoms with Crippen molar-refractivity contribution in [1.82, 2.24) is 0 Å². The van der Waals surface area contributed by atoms with Crippen LogP contribution in [0.5, 0.6) is 0 Å². The van der Waals surface area contributed by atoms with Gasteiger partial charge in [-0.15, -0.1) is 0 Å². The average Bonchev–Trinajstić information content (AvgIpc) is 2.62. The molecule has 0 unspecified atom stereocenters. The van der Waals surface area contributed by atoms with Crippen LogP contribution in [0.2, 0.25) is 0 Å². The first kappa shape index (κ1) is 19.0. The standard InChI is InChI=1S/C19H24N2O3S/c1-4-16-10-8-9-15(2)19(16)20-18(22)13-14-25(23,24)21(3)17-11-6-5-7-12-17/h5-12H,4,13-14H2,1-3H3,(H,20,22). The summed E-state index contributed by atoms with van der Waals surface area (Å²) in [6, 6.07) is 14.7. The maximum atomic E-state index is 12.4. The van der Waals surface area contributed by atoms with Gasteiger partial charge in [-0.2, -0.15) is 0 Å². The molecule has 0 aromatic heterocycles. The number of carbonyl (C=O) groups excluding carboxylic acids is 1. The summed E-state index contributed by atoms with van der Waals surface area (Å²) in [7, 11) is -2.05. The second-order valence-electron chi connectivity index (χ2n) is 5.88. The first-order chi connectivity index (χ1) is 11.8. The monoisotopic (exact) mass is 360 g/mol. The van der Waals surface area contributed by atoms with Gasteiger partial charge in [0.2, 0.25) is 15.9 Å². The number of amides is 1. The van der Waals surface area contributed by atoms with E-state index in [0.717, 1.165) is 23.2 Å². The lowest BCUT2D eigenvalue weighted by atomic mass is 10.1. The topological polar surface area (TPSA) is 66.5 Å². The molecule has 0 saturated heterocycles. The highest BCUT2D eigenvalue weighted by Gasteiger charge is 2.20. The average molecular weight is 360 g/mol. The third-order valence-corrected chi connectivity index (χ3v) is 5.89. The van der Waals surface area contributed by atoms with Gasteiger partial charge in [0.15, 0.2) is 0 Å². The lowest BCUT2D eigenvalue weighted by molar-refractivity contribution is -0.115. The molecule has 5 nitrogen and oxygen atoms in total. The maximum absolute atomic E-state index is 12.4. The summed E-state index contributed by atoms with van der Waals surface area (Å²) in [6.07, 6.45) is 0.712. The van der Waals surface area contributed by atoms with Crippen LogP contribution in [0.25, 0.3) is 0 Å². The molecule has 6 heteroatoms. The third kappa shape index (κ3) is 4.82. The molecule has 0 atom stereocenters. The molecule has 0 saturated carbocycles. The zero-order valence-electron chi connectivity index (χ0n) is 14.8. The molecule has 0 fully saturated rings. The molecule has 0 heterocycles. The van der Waals surface area contributed by atoms with Gasteiger partial charge in [-0.25, -0.2) is 8.42 Å². The molecule has 2 aromatic rings. The lowest BCUT2D eigenvalue weighted by Gasteiger charge is -2.19. The molecule has 1 N–H and O–H groups in total. The highest BCUT2D eigenvalue weighted by molar-refractivity contribution is 7.92. The minimum Gasteiger partial charge on any atom is -0.326 e. The summed E-state index contributed by atoms with van der Waals surface area (Å²) in [5.74, 6) is -0.536. The quantitative estimate of drug-likeness (QED) is 0.823. The van der Waals surface area contributed by atoms with Crippen LogP contribution >= 0.6 is 0 Å². The molecule has 0 bridgehead atoms. The van der Waals surface area contributed by atoms with Crippen molar-refractivity contribution in [3.63, 3.8) is 0 Å². The Morgan fingerprint density at radius 2 is 1.76 bits per heavy atom. The summed E-state index contributed by atoms with van der Waals surface area (Å²) in [6.45, 7) is 3.94. The minimum atomic E-state index is -3.55. The van der Waals surface area contributed by atoms with E-state index in [0.29, 0.717) is 5.69 Å². The van der Waals surface area contributed by atoms with Gasteiger partial charge in [0.05, 0.1) is 11.4 Å². The number of hydrogen-bond acceptors (Lipinski definition) is 3. The molecular formula is C19H24N2O3S. The molecule has 0 radical (unpaired) electrons. The summed E-state index contributed by atoms with van der Waals surface area (Å²) in [5, 5.41) is 2.86. The van der Waals surface area contributed by atoms with Crippen LogP contribution < -0.4 is 9.62 Å². The Morgan fingerprint density at radius 1 is 1.08 bits per heavy atom. The van der Waals surface area contributed by atoms with Crippen molar-refractivity contribution in [2.24, 2.45) is 0 Å². The lowest BCUT2D eigenvalue weighted by Crippen LogP contribution is -2.30. The smallest absolute Gasteiger partial charge is 0.235 e. The zero-order valence-corrected chi connectivity index (χ0v) is 15.6. The number of sulfonamides is 1. The Kier molecular flexibility index (Phi) is 6.20. The number of nitrogens with zero attached hydrogens (tertiary/aromatic N) is 1. The molecule has 0 aliphatic carbocycles. The Balaban J connectivity index is 2.02. The van der Waals surface area contributed by atoms with Crippen molar-refractivity contribution in [2.75, 3.05) is 22.4 Å². The normalized spacial score (nSPS) is 11.2. The second-order valence-corrected chi connectivity index (χ2v) is 8.00. The van der Waals surface area contributed by atoms with Gasteiger partial charge in [-0.05, 0) is 36.6 Å². The number of benzene rings is 2. The summed E-state index contributed by atoms with van der Waals surface area (Å²) < 4.78 is 26.1. The number of aryl methyl sites for hydroxylation is 2. The van der Waals surface area contributed by atoms with Crippen LogP contribution in [-0.2, 0) is 21.2 Å². The fourth-order valence-electron chi connectivity index (χ4n) is 2.56. The number of hydrogen-bond donors (Lipinski definition) is 1. The molecular weight excluding hydrogens is 336 g/mol. The second kappa shape index (κ2) is 8.16. The summed E-state index contributed by atoms with van der Waals surface area (Å²) >= 11 is 0. The van der Waals surface area contributed by atoms with Gasteiger partial charge >= 0.3 is 0 Å². The van der Waals surface area contributed by atoms with Crippen molar-refractivity contribution in [1.29, 1.82) is 0 Å². The van der Waals surface area contributed by atoms with Crippen molar-refractivity contribution in [2.45, 2.75) is 26.7 Å². The van der Waals surface area contributed by atoms with Crippen LogP contribution in [0.1, 0.15) is 24.5 Å². The van der Waals surface area contributed by atoms with E-state index < -0.39 is 10.0 Å².